The van der Waals surface area contributed by atoms with Gasteiger partial charge in [-0.05, 0) is 24.6 Å². The van der Waals surface area contributed by atoms with Crippen molar-refractivity contribution in [2.24, 2.45) is 9.98 Å². The van der Waals surface area contributed by atoms with Crippen molar-refractivity contribution in [2.45, 2.75) is 6.42 Å². The number of hydrogen-bond acceptors (Lipinski definition) is 3. The molecule has 0 radical (unpaired) electrons. The zero-order valence-electron chi connectivity index (χ0n) is 7.47. The van der Waals surface area contributed by atoms with Gasteiger partial charge in [0.15, 0.2) is 11.6 Å². The normalized spacial score (nSPS) is 18.7. The number of allylic oxidation sites excluding steroid dienone is 3. The summed E-state index contributed by atoms with van der Waals surface area (Å²) in [7, 11) is 0. The van der Waals surface area contributed by atoms with Crippen LogP contribution in [-0.4, -0.2) is 11.5 Å². The first-order valence-electron chi connectivity index (χ1n) is 4.52. The van der Waals surface area contributed by atoms with Gasteiger partial charge in [-0.1, -0.05) is 12.2 Å². The lowest BCUT2D eigenvalue weighted by Gasteiger charge is -1.98. The number of fused-ring (bicyclic) bond motifs is 1. The van der Waals surface area contributed by atoms with Gasteiger partial charge in [-0.2, -0.15) is 0 Å². The molecule has 1 aromatic heterocycles. The lowest BCUT2D eigenvalue weighted by Crippen LogP contribution is -1.95. The lowest BCUT2D eigenvalue weighted by atomic mass is 10.1. The summed E-state index contributed by atoms with van der Waals surface area (Å²) < 4.78 is 5.23. The second-order valence-electron chi connectivity index (χ2n) is 3.14. The van der Waals surface area contributed by atoms with E-state index in [0.717, 1.165) is 23.6 Å². The molecule has 1 aliphatic carbocycles. The van der Waals surface area contributed by atoms with Crippen molar-refractivity contribution in [3.63, 3.8) is 0 Å². The Bertz CT molecular complexity index is 475. The molecular weight excluding hydrogens is 176 g/mol. The maximum Gasteiger partial charge on any atom is 0.196 e. The molecule has 3 rings (SSSR count). The molecule has 0 saturated carbocycles. The second-order valence-corrected chi connectivity index (χ2v) is 3.14. The minimum absolute atomic E-state index is 0.669. The maximum absolute atomic E-state index is 5.23. The smallest absolute Gasteiger partial charge is 0.196 e. The van der Waals surface area contributed by atoms with E-state index in [0.29, 0.717) is 5.84 Å². The van der Waals surface area contributed by atoms with Crippen molar-refractivity contribution >= 4 is 11.5 Å². The van der Waals surface area contributed by atoms with E-state index in [-0.39, 0.29) is 0 Å². The van der Waals surface area contributed by atoms with Gasteiger partial charge in [0.05, 0.1) is 17.7 Å². The fraction of sp³-hybridized carbons (Fsp3) is 0.0909. The average Bonchev–Trinajstić information content (AvgIpc) is 2.86. The molecule has 0 spiro atoms. The van der Waals surface area contributed by atoms with Crippen molar-refractivity contribution in [1.29, 1.82) is 0 Å². The minimum atomic E-state index is 0.669. The van der Waals surface area contributed by atoms with E-state index in [1.165, 1.54) is 0 Å². The zero-order chi connectivity index (χ0) is 9.38. The van der Waals surface area contributed by atoms with Gasteiger partial charge < -0.3 is 4.42 Å². The molecule has 1 aromatic rings. The topological polar surface area (TPSA) is 37.9 Å². The molecule has 3 heteroatoms. The Morgan fingerprint density at radius 1 is 1.29 bits per heavy atom. The summed E-state index contributed by atoms with van der Waals surface area (Å²) >= 11 is 0. The Balaban J connectivity index is 2.06. The van der Waals surface area contributed by atoms with Crippen LogP contribution >= 0.6 is 0 Å². The molecule has 0 bridgehead atoms. The molecule has 0 amide bonds. The largest absolute Gasteiger partial charge is 0.461 e. The number of amidine groups is 1. The zero-order valence-corrected chi connectivity index (χ0v) is 7.47. The van der Waals surface area contributed by atoms with E-state index in [9.17, 15) is 0 Å². The molecule has 14 heavy (non-hydrogen) atoms. The second kappa shape index (κ2) is 2.80. The molecule has 2 heterocycles. The summed E-state index contributed by atoms with van der Waals surface area (Å²) in [5.74, 6) is 1.39. The Hall–Kier alpha value is -1.90. The van der Waals surface area contributed by atoms with Crippen LogP contribution < -0.4 is 0 Å². The highest BCUT2D eigenvalue weighted by Crippen LogP contribution is 2.19. The molecule has 1 aliphatic heterocycles. The standard InChI is InChI=1S/C11H8N2O/c1-2-5-9-8(4-1)12-11(13-9)10-6-3-7-14-10/h1,3-7H,2H2. The Kier molecular flexibility index (Phi) is 1.50. The molecule has 0 N–H and O–H groups in total. The first-order valence-corrected chi connectivity index (χ1v) is 4.52. The monoisotopic (exact) mass is 184 g/mol. The van der Waals surface area contributed by atoms with Crippen LogP contribution in [0.1, 0.15) is 12.2 Å². The van der Waals surface area contributed by atoms with Crippen LogP contribution in [0, 0.1) is 0 Å². The van der Waals surface area contributed by atoms with Crippen LogP contribution in [0.2, 0.25) is 0 Å². The number of hydrogen-bond donors (Lipinski definition) is 0. The number of nitrogens with zero attached hydrogens (tertiary/aromatic N) is 2. The molecule has 0 fully saturated rings. The van der Waals surface area contributed by atoms with Gasteiger partial charge in [0, 0.05) is 0 Å². The summed E-state index contributed by atoms with van der Waals surface area (Å²) in [6.07, 6.45) is 8.69. The van der Waals surface area contributed by atoms with Crippen LogP contribution in [0.15, 0.2) is 56.7 Å². The first kappa shape index (κ1) is 7.50. The van der Waals surface area contributed by atoms with Crippen molar-refractivity contribution < 1.29 is 4.42 Å². The summed E-state index contributed by atoms with van der Waals surface area (Å²) in [5.41, 5.74) is 1.89. The molecule has 0 aromatic carbocycles. The van der Waals surface area contributed by atoms with Gasteiger partial charge in [0.25, 0.3) is 0 Å². The third-order valence-corrected chi connectivity index (χ3v) is 2.18. The summed E-state index contributed by atoms with van der Waals surface area (Å²) in [6, 6.07) is 3.70. The fourth-order valence-corrected chi connectivity index (χ4v) is 1.52. The van der Waals surface area contributed by atoms with E-state index >= 15 is 0 Å². The lowest BCUT2D eigenvalue weighted by molar-refractivity contribution is 0.557. The maximum atomic E-state index is 5.23. The molecule has 0 unspecified atom stereocenters. The van der Waals surface area contributed by atoms with Gasteiger partial charge >= 0.3 is 0 Å². The van der Waals surface area contributed by atoms with E-state index in [1.54, 1.807) is 6.26 Å². The van der Waals surface area contributed by atoms with Gasteiger partial charge in [-0.25, -0.2) is 9.98 Å². The Labute approximate surface area is 81.2 Å². The van der Waals surface area contributed by atoms with E-state index in [1.807, 2.05) is 18.2 Å². The van der Waals surface area contributed by atoms with Crippen LogP contribution in [0.4, 0.5) is 0 Å². The predicted molar refractivity (Wildman–Crippen MR) is 54.5 cm³/mol. The molecule has 0 atom stereocenters. The third kappa shape index (κ3) is 1.06. The van der Waals surface area contributed by atoms with Crippen molar-refractivity contribution in [1.82, 2.24) is 0 Å². The summed E-state index contributed by atoms with van der Waals surface area (Å²) in [6.45, 7) is 0. The predicted octanol–water partition coefficient (Wildman–Crippen LogP) is 2.32. The van der Waals surface area contributed by atoms with E-state index in [2.05, 4.69) is 22.1 Å². The summed E-state index contributed by atoms with van der Waals surface area (Å²) in [4.78, 5) is 8.75. The molecular formula is C11H8N2O. The third-order valence-electron chi connectivity index (χ3n) is 2.18. The van der Waals surface area contributed by atoms with E-state index < -0.39 is 0 Å². The summed E-state index contributed by atoms with van der Waals surface area (Å²) in [5, 5.41) is 0. The number of rotatable bonds is 1. The highest BCUT2D eigenvalue weighted by molar-refractivity contribution is 6.21. The first-order chi connectivity index (χ1) is 6.93. The van der Waals surface area contributed by atoms with Gasteiger partial charge in [0.1, 0.15) is 0 Å². The SMILES string of the molecule is C1=CC2=NC(c3ccco3)=NC2=CC1. The van der Waals surface area contributed by atoms with Gasteiger partial charge in [0.2, 0.25) is 0 Å². The van der Waals surface area contributed by atoms with Crippen LogP contribution in [0.5, 0.6) is 0 Å². The van der Waals surface area contributed by atoms with Crippen molar-refractivity contribution in [2.75, 3.05) is 0 Å². The molecule has 2 aliphatic rings. The van der Waals surface area contributed by atoms with Crippen molar-refractivity contribution in [3.8, 4) is 0 Å². The highest BCUT2D eigenvalue weighted by Gasteiger charge is 2.18. The van der Waals surface area contributed by atoms with Gasteiger partial charge in [-0.15, -0.1) is 0 Å². The number of furan rings is 1. The molecule has 68 valence electrons. The van der Waals surface area contributed by atoms with E-state index in [4.69, 9.17) is 4.42 Å². The van der Waals surface area contributed by atoms with Crippen LogP contribution in [-0.2, 0) is 0 Å². The molecule has 3 nitrogen and oxygen atoms in total. The fourth-order valence-electron chi connectivity index (χ4n) is 1.52. The quantitative estimate of drug-likeness (QED) is 0.660. The van der Waals surface area contributed by atoms with Crippen molar-refractivity contribution in [3.05, 3.63) is 48.1 Å². The highest BCUT2D eigenvalue weighted by atomic mass is 16.3. The van der Waals surface area contributed by atoms with Crippen LogP contribution in [0.25, 0.3) is 0 Å². The molecule has 0 saturated heterocycles. The van der Waals surface area contributed by atoms with Gasteiger partial charge in [-0.3, -0.25) is 0 Å². The minimum Gasteiger partial charge on any atom is -0.461 e. The number of aliphatic imine (C=N–C) groups is 2. The average molecular weight is 184 g/mol. The van der Waals surface area contributed by atoms with Crippen LogP contribution in [0.3, 0.4) is 0 Å². The Morgan fingerprint density at radius 2 is 2.29 bits per heavy atom. The Morgan fingerprint density at radius 3 is 3.07 bits per heavy atom.